The number of carbonyl (C=O) groups is 2. The van der Waals surface area contributed by atoms with E-state index in [1.165, 1.54) is 0 Å². The summed E-state index contributed by atoms with van der Waals surface area (Å²) in [6.07, 6.45) is 2.23. The largest absolute Gasteiger partial charge is 0.462 e. The van der Waals surface area contributed by atoms with Crippen molar-refractivity contribution in [1.29, 1.82) is 0 Å². The van der Waals surface area contributed by atoms with E-state index in [-0.39, 0.29) is 35.5 Å². The first kappa shape index (κ1) is 11.8. The Morgan fingerprint density at radius 2 is 2.28 bits per heavy atom. The lowest BCUT2D eigenvalue weighted by atomic mass is 9.73. The zero-order valence-corrected chi connectivity index (χ0v) is 10.8. The molecule has 5 atom stereocenters. The molecule has 2 aliphatic carbocycles. The van der Waals surface area contributed by atoms with Gasteiger partial charge in [0.05, 0.1) is 6.42 Å². The van der Waals surface area contributed by atoms with Gasteiger partial charge in [0.15, 0.2) is 0 Å². The summed E-state index contributed by atoms with van der Waals surface area (Å²) in [4.78, 5) is 23.1. The predicted molar refractivity (Wildman–Crippen MR) is 63.5 cm³/mol. The fourth-order valence-electron chi connectivity index (χ4n) is 3.99. The molecule has 3 rings (SSSR count). The maximum atomic E-state index is 11.7. The average Bonchev–Trinajstić information content (AvgIpc) is 2.87. The molecular formula is C14H18O4. The third kappa shape index (κ3) is 1.44. The smallest absolute Gasteiger partial charge is 0.333 e. The summed E-state index contributed by atoms with van der Waals surface area (Å²) in [6.45, 7) is 7.38. The van der Waals surface area contributed by atoms with Crippen LogP contribution in [0.2, 0.25) is 0 Å². The van der Waals surface area contributed by atoms with Crippen molar-refractivity contribution in [1.82, 2.24) is 0 Å². The lowest BCUT2D eigenvalue weighted by Gasteiger charge is -2.37. The van der Waals surface area contributed by atoms with Gasteiger partial charge in [0.1, 0.15) is 12.2 Å². The van der Waals surface area contributed by atoms with Crippen LogP contribution in [0.25, 0.3) is 0 Å². The standard InChI is InChI=1S/C14H18O4/c1-7(2)13(16)17-10-4-8-6-14(10,3)9-5-11(15)18-12(8)9/h8-10,12H,1,4-6H2,2-3H3. The minimum atomic E-state index is -0.324. The van der Waals surface area contributed by atoms with Crippen LogP contribution in [-0.4, -0.2) is 24.1 Å². The first-order valence-corrected chi connectivity index (χ1v) is 6.48. The second kappa shape index (κ2) is 3.59. The molecular weight excluding hydrogens is 232 g/mol. The quantitative estimate of drug-likeness (QED) is 0.554. The number of ether oxygens (including phenoxy) is 2. The second-order valence-corrected chi connectivity index (χ2v) is 6.15. The number of esters is 2. The van der Waals surface area contributed by atoms with Crippen molar-refractivity contribution in [2.24, 2.45) is 17.3 Å². The van der Waals surface area contributed by atoms with Crippen LogP contribution in [0.5, 0.6) is 0 Å². The maximum absolute atomic E-state index is 11.7. The summed E-state index contributed by atoms with van der Waals surface area (Å²) in [5, 5.41) is 0. The van der Waals surface area contributed by atoms with E-state index in [0.717, 1.165) is 12.8 Å². The van der Waals surface area contributed by atoms with Crippen molar-refractivity contribution >= 4 is 11.9 Å². The molecule has 1 heterocycles. The first-order valence-electron chi connectivity index (χ1n) is 6.48. The molecule has 2 saturated carbocycles. The van der Waals surface area contributed by atoms with Gasteiger partial charge in [0.2, 0.25) is 0 Å². The van der Waals surface area contributed by atoms with Crippen LogP contribution < -0.4 is 0 Å². The molecule has 2 bridgehead atoms. The summed E-state index contributed by atoms with van der Waals surface area (Å²) in [7, 11) is 0. The number of hydrogen-bond donors (Lipinski definition) is 0. The molecule has 18 heavy (non-hydrogen) atoms. The minimum Gasteiger partial charge on any atom is -0.462 e. The molecule has 0 radical (unpaired) electrons. The van der Waals surface area contributed by atoms with Gasteiger partial charge in [-0.25, -0.2) is 4.79 Å². The summed E-state index contributed by atoms with van der Waals surface area (Å²) < 4.78 is 10.9. The van der Waals surface area contributed by atoms with Crippen molar-refractivity contribution in [3.05, 3.63) is 12.2 Å². The Kier molecular flexibility index (Phi) is 2.34. The highest BCUT2D eigenvalue weighted by Crippen LogP contribution is 2.62. The summed E-state index contributed by atoms with van der Waals surface area (Å²) in [5.74, 6) is 0.143. The highest BCUT2D eigenvalue weighted by atomic mass is 16.6. The van der Waals surface area contributed by atoms with Gasteiger partial charge in [0.25, 0.3) is 0 Å². The zero-order valence-electron chi connectivity index (χ0n) is 10.8. The van der Waals surface area contributed by atoms with Gasteiger partial charge in [-0.3, -0.25) is 4.79 Å². The van der Waals surface area contributed by atoms with Crippen LogP contribution in [0.4, 0.5) is 0 Å². The second-order valence-electron chi connectivity index (χ2n) is 6.15. The highest BCUT2D eigenvalue weighted by Gasteiger charge is 2.65. The molecule has 5 unspecified atom stereocenters. The molecule has 4 heteroatoms. The monoisotopic (exact) mass is 250 g/mol. The van der Waals surface area contributed by atoms with E-state index in [4.69, 9.17) is 9.47 Å². The minimum absolute atomic E-state index is 0.0577. The first-order chi connectivity index (χ1) is 8.41. The number of carbonyl (C=O) groups excluding carboxylic acids is 2. The Hall–Kier alpha value is -1.32. The van der Waals surface area contributed by atoms with E-state index in [1.54, 1.807) is 6.92 Å². The molecule has 0 amide bonds. The SMILES string of the molecule is C=C(C)C(=O)OC1CC2CC1(C)C1CC(=O)OC21. The van der Waals surface area contributed by atoms with Crippen LogP contribution >= 0.6 is 0 Å². The topological polar surface area (TPSA) is 52.6 Å². The van der Waals surface area contributed by atoms with E-state index in [2.05, 4.69) is 13.5 Å². The van der Waals surface area contributed by atoms with Crippen LogP contribution in [0.15, 0.2) is 12.2 Å². The zero-order chi connectivity index (χ0) is 13.1. The van der Waals surface area contributed by atoms with E-state index >= 15 is 0 Å². The average molecular weight is 250 g/mol. The summed E-state index contributed by atoms with van der Waals surface area (Å²) >= 11 is 0. The Bertz CT molecular complexity index is 441. The Labute approximate surface area is 106 Å². The van der Waals surface area contributed by atoms with Crippen molar-refractivity contribution in [3.8, 4) is 0 Å². The summed E-state index contributed by atoms with van der Waals surface area (Å²) in [6, 6.07) is 0. The van der Waals surface area contributed by atoms with E-state index in [9.17, 15) is 9.59 Å². The molecule has 0 aromatic rings. The van der Waals surface area contributed by atoms with Crippen LogP contribution in [0.1, 0.15) is 33.1 Å². The van der Waals surface area contributed by atoms with Gasteiger partial charge in [-0.1, -0.05) is 13.5 Å². The van der Waals surface area contributed by atoms with Crippen LogP contribution in [0, 0.1) is 17.3 Å². The fraction of sp³-hybridized carbons (Fsp3) is 0.714. The number of rotatable bonds is 2. The molecule has 98 valence electrons. The normalized spacial score (nSPS) is 44.7. The van der Waals surface area contributed by atoms with Gasteiger partial charge in [-0.05, 0) is 19.8 Å². The van der Waals surface area contributed by atoms with Crippen molar-refractivity contribution in [2.45, 2.75) is 45.3 Å². The molecule has 1 saturated heterocycles. The van der Waals surface area contributed by atoms with Gasteiger partial charge in [-0.15, -0.1) is 0 Å². The predicted octanol–water partition coefficient (Wildman–Crippen LogP) is 1.84. The maximum Gasteiger partial charge on any atom is 0.333 e. The molecule has 0 aromatic carbocycles. The van der Waals surface area contributed by atoms with Crippen LogP contribution in [-0.2, 0) is 19.1 Å². The lowest BCUT2D eigenvalue weighted by molar-refractivity contribution is -0.155. The molecule has 3 aliphatic rings. The van der Waals surface area contributed by atoms with E-state index in [0.29, 0.717) is 17.9 Å². The molecule has 0 spiro atoms. The van der Waals surface area contributed by atoms with Crippen molar-refractivity contribution in [2.75, 3.05) is 0 Å². The van der Waals surface area contributed by atoms with Gasteiger partial charge in [-0.2, -0.15) is 0 Å². The Morgan fingerprint density at radius 3 is 2.94 bits per heavy atom. The molecule has 0 aromatic heterocycles. The molecule has 3 fully saturated rings. The van der Waals surface area contributed by atoms with Crippen molar-refractivity contribution < 1.29 is 19.1 Å². The molecule has 4 nitrogen and oxygen atoms in total. The number of hydrogen-bond acceptors (Lipinski definition) is 4. The third-order valence-corrected chi connectivity index (χ3v) is 4.91. The lowest BCUT2D eigenvalue weighted by Crippen LogP contribution is -2.42. The van der Waals surface area contributed by atoms with E-state index in [1.807, 2.05) is 0 Å². The molecule has 1 aliphatic heterocycles. The Morgan fingerprint density at radius 1 is 1.56 bits per heavy atom. The third-order valence-electron chi connectivity index (χ3n) is 4.91. The Balaban J connectivity index is 1.79. The number of fused-ring (bicyclic) bond motifs is 5. The molecule has 0 N–H and O–H groups in total. The van der Waals surface area contributed by atoms with Gasteiger partial charge < -0.3 is 9.47 Å². The van der Waals surface area contributed by atoms with Gasteiger partial charge in [0, 0.05) is 22.8 Å². The van der Waals surface area contributed by atoms with Crippen LogP contribution in [0.3, 0.4) is 0 Å². The van der Waals surface area contributed by atoms with Gasteiger partial charge >= 0.3 is 11.9 Å². The summed E-state index contributed by atoms with van der Waals surface area (Å²) in [5.41, 5.74) is 0.323. The van der Waals surface area contributed by atoms with Crippen molar-refractivity contribution in [3.63, 3.8) is 0 Å². The highest BCUT2D eigenvalue weighted by molar-refractivity contribution is 5.87. The fourth-order valence-corrected chi connectivity index (χ4v) is 3.99. The van der Waals surface area contributed by atoms with E-state index < -0.39 is 0 Å².